The Morgan fingerprint density at radius 2 is 1.86 bits per heavy atom. The van der Waals surface area contributed by atoms with E-state index in [0.717, 1.165) is 19.6 Å². The van der Waals surface area contributed by atoms with Gasteiger partial charge in [-0.25, -0.2) is 4.79 Å². The molecule has 1 unspecified atom stereocenters. The van der Waals surface area contributed by atoms with E-state index in [4.69, 9.17) is 32.7 Å². The molecule has 2 aliphatic heterocycles. The van der Waals surface area contributed by atoms with Crippen LogP contribution >= 0.6 is 23.2 Å². The number of aryl methyl sites for hydroxylation is 1. The van der Waals surface area contributed by atoms with Gasteiger partial charge in [-0.05, 0) is 43.5 Å². The molecule has 0 saturated carbocycles. The van der Waals surface area contributed by atoms with Crippen molar-refractivity contribution in [1.29, 1.82) is 0 Å². The Hall–Kier alpha value is -2.85. The first-order chi connectivity index (χ1) is 17.6. The number of hydrogen-bond donors (Lipinski definition) is 2. The summed E-state index contributed by atoms with van der Waals surface area (Å²) in [4.78, 5) is 45.4. The minimum Gasteiger partial charge on any atom is -0.507 e. The van der Waals surface area contributed by atoms with Crippen LogP contribution in [0.25, 0.3) is 5.76 Å². The lowest BCUT2D eigenvalue weighted by molar-refractivity contribution is -0.140. The number of benzene rings is 1. The molecule has 0 aliphatic carbocycles. The van der Waals surface area contributed by atoms with Crippen LogP contribution in [0.4, 0.5) is 0 Å². The number of esters is 1. The summed E-state index contributed by atoms with van der Waals surface area (Å²) >= 11 is 12.4. The molecule has 3 heterocycles. The van der Waals surface area contributed by atoms with Crippen LogP contribution in [0.15, 0.2) is 23.8 Å². The average Bonchev–Trinajstić information content (AvgIpc) is 3.32. The third-order valence-corrected chi connectivity index (χ3v) is 7.58. The maximum atomic E-state index is 13.4. The molecule has 4 rings (SSSR count). The van der Waals surface area contributed by atoms with Crippen molar-refractivity contribution in [2.45, 2.75) is 26.3 Å². The molecule has 9 nitrogen and oxygen atoms in total. The van der Waals surface area contributed by atoms with Gasteiger partial charge in [0.2, 0.25) is 0 Å². The zero-order chi connectivity index (χ0) is 26.9. The molecule has 2 aromatic rings. The molecule has 0 spiro atoms. The quantitative estimate of drug-likeness (QED) is 0.233. The second-order valence-electron chi connectivity index (χ2n) is 9.09. The Kier molecular flexibility index (Phi) is 8.28. The van der Waals surface area contributed by atoms with Gasteiger partial charge in [-0.15, -0.1) is 0 Å². The minimum absolute atomic E-state index is 0.0728. The minimum atomic E-state index is -0.880. The highest BCUT2D eigenvalue weighted by atomic mass is 35.5. The van der Waals surface area contributed by atoms with Gasteiger partial charge in [0.05, 0.1) is 42.0 Å². The molecule has 2 aliphatic rings. The number of ether oxygens (including phenoxy) is 2. The highest BCUT2D eigenvalue weighted by molar-refractivity contribution is 6.47. The fraction of sp³-hybridized carbons (Fsp3) is 0.423. The molecule has 11 heteroatoms. The molecular formula is C26H29Cl2N3O6. The van der Waals surface area contributed by atoms with Crippen molar-refractivity contribution in [3.05, 3.63) is 61.9 Å². The fourth-order valence-electron chi connectivity index (χ4n) is 4.98. The van der Waals surface area contributed by atoms with Crippen LogP contribution in [0.5, 0.6) is 0 Å². The summed E-state index contributed by atoms with van der Waals surface area (Å²) in [5, 5.41) is 12.1. The molecule has 0 radical (unpaired) electrons. The summed E-state index contributed by atoms with van der Waals surface area (Å²) < 4.78 is 10.2. The molecule has 0 bridgehead atoms. The van der Waals surface area contributed by atoms with Gasteiger partial charge in [0.15, 0.2) is 0 Å². The van der Waals surface area contributed by atoms with E-state index in [-0.39, 0.29) is 27.6 Å². The molecular weight excluding hydrogens is 521 g/mol. The number of rotatable bonds is 7. The predicted octanol–water partition coefficient (Wildman–Crippen LogP) is 3.87. The highest BCUT2D eigenvalue weighted by Gasteiger charge is 2.46. The number of H-pyrrole nitrogens is 1. The largest absolute Gasteiger partial charge is 0.507 e. The normalized spacial score (nSPS) is 20.0. The first-order valence-corrected chi connectivity index (χ1v) is 12.7. The molecule has 37 heavy (non-hydrogen) atoms. The number of likely N-dealkylation sites (tertiary alicyclic amines) is 1. The summed E-state index contributed by atoms with van der Waals surface area (Å²) in [6, 6.07) is 3.99. The van der Waals surface area contributed by atoms with Crippen LogP contribution in [0.3, 0.4) is 0 Å². The first kappa shape index (κ1) is 27.2. The molecule has 2 fully saturated rings. The van der Waals surface area contributed by atoms with E-state index in [1.165, 1.54) is 12.0 Å². The van der Waals surface area contributed by atoms with Gasteiger partial charge in [0, 0.05) is 37.4 Å². The summed E-state index contributed by atoms with van der Waals surface area (Å²) in [6.45, 7) is 7.28. The molecule has 1 atom stereocenters. The fourth-order valence-corrected chi connectivity index (χ4v) is 5.28. The molecule has 1 aromatic heterocycles. The van der Waals surface area contributed by atoms with Crippen LogP contribution in [0, 0.1) is 13.8 Å². The van der Waals surface area contributed by atoms with Crippen molar-refractivity contribution in [3.8, 4) is 0 Å². The number of carbonyl (C=O) groups is 3. The lowest BCUT2D eigenvalue weighted by Crippen LogP contribution is -2.38. The Morgan fingerprint density at radius 3 is 2.51 bits per heavy atom. The predicted molar refractivity (Wildman–Crippen MR) is 139 cm³/mol. The van der Waals surface area contributed by atoms with E-state index in [9.17, 15) is 19.5 Å². The number of halogens is 2. The number of aromatic amines is 1. The van der Waals surface area contributed by atoms with Crippen LogP contribution in [0.2, 0.25) is 10.0 Å². The number of morpholine rings is 1. The van der Waals surface area contributed by atoms with Gasteiger partial charge >= 0.3 is 5.97 Å². The SMILES string of the molecule is COC(=O)c1[nH]c(C)c(C(O)=C2C(=O)C(=O)N(CCCN3CCOCC3)C2c2ccc(Cl)c(Cl)c2)c1C. The molecule has 2 saturated heterocycles. The molecule has 1 aromatic carbocycles. The summed E-state index contributed by atoms with van der Waals surface area (Å²) in [5.41, 5.74) is 1.77. The Labute approximate surface area is 224 Å². The lowest BCUT2D eigenvalue weighted by atomic mass is 9.94. The van der Waals surface area contributed by atoms with Crippen LogP contribution < -0.4 is 0 Å². The van der Waals surface area contributed by atoms with Crippen molar-refractivity contribution in [3.63, 3.8) is 0 Å². The van der Waals surface area contributed by atoms with Crippen molar-refractivity contribution in [2.24, 2.45) is 0 Å². The number of carbonyl (C=O) groups excluding carboxylic acids is 3. The number of aliphatic hydroxyl groups is 1. The number of methoxy groups -OCH3 is 1. The Morgan fingerprint density at radius 1 is 1.16 bits per heavy atom. The number of ketones is 1. The van der Waals surface area contributed by atoms with Crippen LogP contribution in [0.1, 0.15) is 45.3 Å². The zero-order valence-corrected chi connectivity index (χ0v) is 22.4. The summed E-state index contributed by atoms with van der Waals surface area (Å²) in [5.74, 6) is -2.49. The van der Waals surface area contributed by atoms with Crippen LogP contribution in [-0.4, -0.2) is 84.1 Å². The topological polar surface area (TPSA) is 112 Å². The van der Waals surface area contributed by atoms with Gasteiger partial charge in [-0.3, -0.25) is 14.5 Å². The van der Waals surface area contributed by atoms with Gasteiger partial charge in [-0.1, -0.05) is 29.3 Å². The number of aliphatic hydroxyl groups excluding tert-OH is 1. The molecule has 1 amide bonds. The third-order valence-electron chi connectivity index (χ3n) is 6.84. The smallest absolute Gasteiger partial charge is 0.354 e. The second kappa shape index (κ2) is 11.3. The van der Waals surface area contributed by atoms with Crippen molar-refractivity contribution < 1.29 is 29.0 Å². The van der Waals surface area contributed by atoms with Gasteiger partial charge in [0.25, 0.3) is 11.7 Å². The number of Topliss-reactive ketones (excluding diaryl/α,β-unsaturated/α-hetero) is 1. The van der Waals surface area contributed by atoms with Crippen molar-refractivity contribution in [2.75, 3.05) is 46.5 Å². The summed E-state index contributed by atoms with van der Waals surface area (Å²) in [6.07, 6.45) is 0.625. The standard InChI is InChI=1S/C26H29Cl2N3O6/c1-14-19(15(2)29-21(14)26(35)36-3)23(32)20-22(16-5-6-17(27)18(28)13-16)31(25(34)24(20)33)8-4-7-30-9-11-37-12-10-30/h5-6,13,22,29,32H,4,7-12H2,1-3H3. The van der Waals surface area contributed by atoms with Gasteiger partial charge in [0.1, 0.15) is 11.5 Å². The number of amides is 1. The Bertz CT molecular complexity index is 1270. The van der Waals surface area contributed by atoms with E-state index < -0.39 is 23.7 Å². The number of nitrogens with zero attached hydrogens (tertiary/aromatic N) is 2. The lowest BCUT2D eigenvalue weighted by Gasteiger charge is -2.29. The maximum absolute atomic E-state index is 13.4. The second-order valence-corrected chi connectivity index (χ2v) is 9.90. The summed E-state index contributed by atoms with van der Waals surface area (Å²) in [7, 11) is 1.25. The van der Waals surface area contributed by atoms with Gasteiger partial charge < -0.3 is 24.5 Å². The van der Waals surface area contributed by atoms with Gasteiger partial charge in [-0.2, -0.15) is 0 Å². The van der Waals surface area contributed by atoms with Crippen molar-refractivity contribution in [1.82, 2.24) is 14.8 Å². The van der Waals surface area contributed by atoms with E-state index in [1.54, 1.807) is 32.0 Å². The monoisotopic (exact) mass is 549 g/mol. The molecule has 198 valence electrons. The van der Waals surface area contributed by atoms with Crippen molar-refractivity contribution >= 4 is 46.6 Å². The van der Waals surface area contributed by atoms with Crippen LogP contribution in [-0.2, 0) is 19.1 Å². The van der Waals surface area contributed by atoms with E-state index >= 15 is 0 Å². The highest BCUT2D eigenvalue weighted by Crippen LogP contribution is 2.42. The number of hydrogen-bond acceptors (Lipinski definition) is 7. The first-order valence-electron chi connectivity index (χ1n) is 12.0. The molecule has 2 N–H and O–H groups in total. The average molecular weight is 550 g/mol. The van der Waals surface area contributed by atoms with E-state index in [0.29, 0.717) is 48.0 Å². The Balaban J connectivity index is 1.77. The number of aromatic nitrogens is 1. The zero-order valence-electron chi connectivity index (χ0n) is 20.9. The third kappa shape index (κ3) is 5.27. The van der Waals surface area contributed by atoms with E-state index in [2.05, 4.69) is 9.88 Å². The van der Waals surface area contributed by atoms with E-state index in [1.807, 2.05) is 0 Å². The maximum Gasteiger partial charge on any atom is 0.354 e. The number of nitrogens with one attached hydrogen (secondary N) is 1.